The molecule has 0 aliphatic heterocycles. The third-order valence-corrected chi connectivity index (χ3v) is 2.79. The SMILES string of the molecule is Cc1cccc(C)c1NC(=O)C(=O)NCCCNC=O. The Bertz CT molecular complexity index is 480. The van der Waals surface area contributed by atoms with Gasteiger partial charge in [0.05, 0.1) is 0 Å². The first-order valence-corrected chi connectivity index (χ1v) is 6.38. The maximum Gasteiger partial charge on any atom is 0.313 e. The van der Waals surface area contributed by atoms with Crippen LogP contribution in [0.1, 0.15) is 17.5 Å². The first kappa shape index (κ1) is 15.7. The lowest BCUT2D eigenvalue weighted by Crippen LogP contribution is -2.37. The van der Waals surface area contributed by atoms with Gasteiger partial charge in [0, 0.05) is 18.8 Å². The predicted molar refractivity (Wildman–Crippen MR) is 76.2 cm³/mol. The van der Waals surface area contributed by atoms with Gasteiger partial charge in [-0.3, -0.25) is 14.4 Å². The Labute approximate surface area is 117 Å². The number of anilines is 1. The summed E-state index contributed by atoms with van der Waals surface area (Å²) in [5.74, 6) is -1.37. The lowest BCUT2D eigenvalue weighted by molar-refractivity contribution is -0.136. The zero-order valence-corrected chi connectivity index (χ0v) is 11.7. The van der Waals surface area contributed by atoms with Crippen molar-refractivity contribution in [2.24, 2.45) is 0 Å². The number of para-hydroxylation sites is 1. The maximum atomic E-state index is 11.7. The van der Waals surface area contributed by atoms with Crippen LogP contribution in [0.2, 0.25) is 0 Å². The number of nitrogens with one attached hydrogen (secondary N) is 3. The smallest absolute Gasteiger partial charge is 0.313 e. The average Bonchev–Trinajstić information content (AvgIpc) is 2.42. The zero-order valence-electron chi connectivity index (χ0n) is 11.7. The lowest BCUT2D eigenvalue weighted by Gasteiger charge is -2.11. The molecular weight excluding hydrogens is 258 g/mol. The highest BCUT2D eigenvalue weighted by molar-refractivity contribution is 6.39. The van der Waals surface area contributed by atoms with Gasteiger partial charge in [-0.05, 0) is 31.4 Å². The predicted octanol–water partition coefficient (Wildman–Crippen LogP) is 0.494. The molecule has 0 spiro atoms. The zero-order chi connectivity index (χ0) is 15.0. The molecule has 0 radical (unpaired) electrons. The van der Waals surface area contributed by atoms with Crippen molar-refractivity contribution in [3.63, 3.8) is 0 Å². The van der Waals surface area contributed by atoms with Crippen LogP contribution in [0.25, 0.3) is 0 Å². The van der Waals surface area contributed by atoms with Crippen molar-refractivity contribution in [3.05, 3.63) is 29.3 Å². The summed E-state index contributed by atoms with van der Waals surface area (Å²) in [6.07, 6.45) is 1.16. The van der Waals surface area contributed by atoms with E-state index in [-0.39, 0.29) is 0 Å². The molecule has 1 rings (SSSR count). The van der Waals surface area contributed by atoms with Crippen LogP contribution in [0.5, 0.6) is 0 Å². The van der Waals surface area contributed by atoms with Gasteiger partial charge >= 0.3 is 11.8 Å². The minimum absolute atomic E-state index is 0.333. The Morgan fingerprint density at radius 2 is 1.75 bits per heavy atom. The number of hydrogen-bond donors (Lipinski definition) is 3. The Morgan fingerprint density at radius 3 is 2.35 bits per heavy atom. The molecular formula is C14H19N3O3. The first-order chi connectivity index (χ1) is 9.56. The monoisotopic (exact) mass is 277 g/mol. The van der Waals surface area contributed by atoms with Crippen molar-refractivity contribution in [2.45, 2.75) is 20.3 Å². The fourth-order valence-electron chi connectivity index (χ4n) is 1.71. The van der Waals surface area contributed by atoms with Crippen LogP contribution >= 0.6 is 0 Å². The van der Waals surface area contributed by atoms with Crippen molar-refractivity contribution < 1.29 is 14.4 Å². The Kier molecular flexibility index (Phi) is 6.22. The van der Waals surface area contributed by atoms with Crippen LogP contribution < -0.4 is 16.0 Å². The second-order valence-corrected chi connectivity index (χ2v) is 4.40. The quantitative estimate of drug-likeness (QED) is 0.402. The first-order valence-electron chi connectivity index (χ1n) is 6.38. The number of carbonyl (C=O) groups excluding carboxylic acids is 3. The summed E-state index contributed by atoms with van der Waals surface area (Å²) in [5, 5.41) is 7.57. The number of carbonyl (C=O) groups is 3. The third kappa shape index (κ3) is 4.72. The highest BCUT2D eigenvalue weighted by atomic mass is 16.2. The van der Waals surface area contributed by atoms with E-state index >= 15 is 0 Å². The Balaban J connectivity index is 2.46. The molecule has 0 aliphatic carbocycles. The van der Waals surface area contributed by atoms with Crippen LogP contribution in [0.3, 0.4) is 0 Å². The summed E-state index contributed by atoms with van der Waals surface area (Å²) < 4.78 is 0. The number of aryl methyl sites for hydroxylation is 2. The number of benzene rings is 1. The van der Waals surface area contributed by atoms with Crippen LogP contribution in [0.4, 0.5) is 5.69 Å². The van der Waals surface area contributed by atoms with Crippen molar-refractivity contribution in [1.29, 1.82) is 0 Å². The number of rotatable bonds is 6. The molecule has 0 saturated carbocycles. The summed E-state index contributed by atoms with van der Waals surface area (Å²) in [4.78, 5) is 33.3. The second-order valence-electron chi connectivity index (χ2n) is 4.40. The summed E-state index contributed by atoms with van der Waals surface area (Å²) >= 11 is 0. The molecule has 6 nitrogen and oxygen atoms in total. The van der Waals surface area contributed by atoms with Gasteiger partial charge in [-0.25, -0.2) is 0 Å². The molecule has 3 amide bonds. The van der Waals surface area contributed by atoms with Gasteiger partial charge in [0.25, 0.3) is 0 Å². The minimum Gasteiger partial charge on any atom is -0.359 e. The van der Waals surface area contributed by atoms with Gasteiger partial charge in [0.2, 0.25) is 6.41 Å². The summed E-state index contributed by atoms with van der Waals surface area (Å²) in [7, 11) is 0. The van der Waals surface area contributed by atoms with Crippen LogP contribution in [-0.2, 0) is 14.4 Å². The van der Waals surface area contributed by atoms with Gasteiger partial charge in [-0.15, -0.1) is 0 Å². The Morgan fingerprint density at radius 1 is 1.10 bits per heavy atom. The van der Waals surface area contributed by atoms with E-state index in [0.717, 1.165) is 11.1 Å². The van der Waals surface area contributed by atoms with E-state index < -0.39 is 11.8 Å². The van der Waals surface area contributed by atoms with E-state index in [1.165, 1.54) is 0 Å². The topological polar surface area (TPSA) is 87.3 Å². The lowest BCUT2D eigenvalue weighted by atomic mass is 10.1. The van der Waals surface area contributed by atoms with Crippen molar-refractivity contribution in [3.8, 4) is 0 Å². The summed E-state index contributed by atoms with van der Waals surface area (Å²) in [5.41, 5.74) is 2.47. The summed E-state index contributed by atoms with van der Waals surface area (Å²) in [6, 6.07) is 5.62. The van der Waals surface area contributed by atoms with Gasteiger partial charge in [-0.2, -0.15) is 0 Å². The molecule has 1 aromatic carbocycles. The maximum absolute atomic E-state index is 11.7. The van der Waals surface area contributed by atoms with Crippen LogP contribution in [0.15, 0.2) is 18.2 Å². The van der Waals surface area contributed by atoms with E-state index in [2.05, 4.69) is 16.0 Å². The molecule has 0 bridgehead atoms. The molecule has 108 valence electrons. The highest BCUT2D eigenvalue weighted by Crippen LogP contribution is 2.18. The average molecular weight is 277 g/mol. The van der Waals surface area contributed by atoms with Gasteiger partial charge in [0.1, 0.15) is 0 Å². The van der Waals surface area contributed by atoms with Crippen molar-refractivity contribution in [2.75, 3.05) is 18.4 Å². The van der Waals surface area contributed by atoms with E-state index in [1.54, 1.807) is 0 Å². The van der Waals surface area contributed by atoms with Crippen LogP contribution in [-0.4, -0.2) is 31.3 Å². The van der Waals surface area contributed by atoms with Crippen molar-refractivity contribution >= 4 is 23.9 Å². The largest absolute Gasteiger partial charge is 0.359 e. The van der Waals surface area contributed by atoms with Crippen molar-refractivity contribution in [1.82, 2.24) is 10.6 Å². The van der Waals surface area contributed by atoms with Crippen LogP contribution in [0, 0.1) is 13.8 Å². The molecule has 0 saturated heterocycles. The molecule has 0 heterocycles. The van der Waals surface area contributed by atoms with E-state index in [0.29, 0.717) is 31.6 Å². The summed E-state index contributed by atoms with van der Waals surface area (Å²) in [6.45, 7) is 4.53. The molecule has 0 aromatic heterocycles. The molecule has 1 aromatic rings. The van der Waals surface area contributed by atoms with E-state index in [1.807, 2.05) is 32.0 Å². The second kappa shape index (κ2) is 7.93. The fraction of sp³-hybridized carbons (Fsp3) is 0.357. The molecule has 0 atom stereocenters. The molecule has 0 aliphatic rings. The van der Waals surface area contributed by atoms with Gasteiger partial charge in [-0.1, -0.05) is 18.2 Å². The fourth-order valence-corrected chi connectivity index (χ4v) is 1.71. The minimum atomic E-state index is -0.689. The highest BCUT2D eigenvalue weighted by Gasteiger charge is 2.14. The van der Waals surface area contributed by atoms with E-state index in [4.69, 9.17) is 0 Å². The standard InChI is InChI=1S/C14H19N3O3/c1-10-5-3-6-11(2)12(10)17-14(20)13(19)16-8-4-7-15-9-18/h3,5-6,9H,4,7-8H2,1-2H3,(H,15,18)(H,16,19)(H,17,20). The molecule has 3 N–H and O–H groups in total. The van der Waals surface area contributed by atoms with Gasteiger partial charge < -0.3 is 16.0 Å². The molecule has 0 fully saturated rings. The molecule has 6 heteroatoms. The molecule has 20 heavy (non-hydrogen) atoms. The third-order valence-electron chi connectivity index (χ3n) is 2.79. The normalized spacial score (nSPS) is 9.70. The number of hydrogen-bond acceptors (Lipinski definition) is 3. The van der Waals surface area contributed by atoms with Gasteiger partial charge in [0.15, 0.2) is 0 Å². The van der Waals surface area contributed by atoms with E-state index in [9.17, 15) is 14.4 Å². The molecule has 0 unspecified atom stereocenters. The number of amides is 3. The Hall–Kier alpha value is -2.37.